The molecule has 0 amide bonds. The van der Waals surface area contributed by atoms with Crippen molar-refractivity contribution in [1.29, 1.82) is 0 Å². The minimum Gasteiger partial charge on any atom is -0.377 e. The Balaban J connectivity index is 2.76. The number of likely N-dealkylation sites (N-methyl/N-ethyl adjacent to an activating group) is 1. The lowest BCUT2D eigenvalue weighted by atomic mass is 10.4. The number of hydrogen-bond donors (Lipinski definition) is 1. The minimum absolute atomic E-state index is 0.0897. The number of pyridine rings is 1. The highest BCUT2D eigenvalue weighted by molar-refractivity contribution is 7.89. The Bertz CT molecular complexity index is 532. The Labute approximate surface area is 127 Å². The molecule has 21 heavy (non-hydrogen) atoms. The van der Waals surface area contributed by atoms with Crippen molar-refractivity contribution < 1.29 is 13.2 Å². The number of sulfonamides is 1. The average Bonchev–Trinajstić information content (AvgIpc) is 2.44. The van der Waals surface area contributed by atoms with Crippen LogP contribution in [0.2, 0.25) is 0 Å². The second-order valence-electron chi connectivity index (χ2n) is 5.05. The van der Waals surface area contributed by atoms with Crippen LogP contribution in [0.25, 0.3) is 0 Å². The highest BCUT2D eigenvalue weighted by Gasteiger charge is 2.21. The SMILES string of the molecule is CCCNc1cc(S(=O)(=O)N(C)CCOC(C)C)ccn1. The van der Waals surface area contributed by atoms with E-state index in [-0.39, 0.29) is 11.0 Å². The molecular formula is C14H25N3O3S. The molecule has 1 heterocycles. The Morgan fingerprint density at radius 2 is 2.14 bits per heavy atom. The number of hydrogen-bond acceptors (Lipinski definition) is 5. The van der Waals surface area contributed by atoms with E-state index in [0.717, 1.165) is 13.0 Å². The molecule has 7 heteroatoms. The molecule has 0 saturated carbocycles. The molecule has 0 atom stereocenters. The highest BCUT2D eigenvalue weighted by Crippen LogP contribution is 2.16. The van der Waals surface area contributed by atoms with E-state index in [4.69, 9.17) is 4.74 Å². The molecule has 0 radical (unpaired) electrons. The van der Waals surface area contributed by atoms with Gasteiger partial charge in [0.1, 0.15) is 5.82 Å². The molecule has 0 aliphatic rings. The van der Waals surface area contributed by atoms with Crippen molar-refractivity contribution in [3.63, 3.8) is 0 Å². The van der Waals surface area contributed by atoms with Crippen molar-refractivity contribution in [3.8, 4) is 0 Å². The van der Waals surface area contributed by atoms with Gasteiger partial charge < -0.3 is 10.1 Å². The number of nitrogens with zero attached hydrogens (tertiary/aromatic N) is 2. The Morgan fingerprint density at radius 1 is 1.43 bits per heavy atom. The maximum Gasteiger partial charge on any atom is 0.243 e. The van der Waals surface area contributed by atoms with E-state index in [0.29, 0.717) is 19.0 Å². The summed E-state index contributed by atoms with van der Waals surface area (Å²) in [6.45, 7) is 7.33. The van der Waals surface area contributed by atoms with Gasteiger partial charge in [0.05, 0.1) is 17.6 Å². The zero-order valence-corrected chi connectivity index (χ0v) is 14.0. The third kappa shape index (κ3) is 5.61. The quantitative estimate of drug-likeness (QED) is 0.754. The van der Waals surface area contributed by atoms with Crippen molar-refractivity contribution in [2.24, 2.45) is 0 Å². The van der Waals surface area contributed by atoms with E-state index in [2.05, 4.69) is 10.3 Å². The van der Waals surface area contributed by atoms with Gasteiger partial charge in [-0.3, -0.25) is 0 Å². The molecule has 1 rings (SSSR count). The average molecular weight is 315 g/mol. The molecule has 0 aliphatic heterocycles. The van der Waals surface area contributed by atoms with Crippen molar-refractivity contribution in [1.82, 2.24) is 9.29 Å². The molecule has 120 valence electrons. The van der Waals surface area contributed by atoms with Gasteiger partial charge in [-0.05, 0) is 26.3 Å². The number of rotatable bonds is 9. The summed E-state index contributed by atoms with van der Waals surface area (Å²) in [4.78, 5) is 4.36. The summed E-state index contributed by atoms with van der Waals surface area (Å²) in [5.41, 5.74) is 0. The monoisotopic (exact) mass is 315 g/mol. The molecule has 0 aromatic carbocycles. The highest BCUT2D eigenvalue weighted by atomic mass is 32.2. The summed E-state index contributed by atoms with van der Waals surface area (Å²) in [7, 11) is -1.96. The van der Waals surface area contributed by atoms with Crippen LogP contribution in [0.3, 0.4) is 0 Å². The number of ether oxygens (including phenoxy) is 1. The molecule has 0 unspecified atom stereocenters. The van der Waals surface area contributed by atoms with Crippen molar-refractivity contribution >= 4 is 15.8 Å². The maximum absolute atomic E-state index is 12.4. The first kappa shape index (κ1) is 17.9. The fourth-order valence-electron chi connectivity index (χ4n) is 1.64. The summed E-state index contributed by atoms with van der Waals surface area (Å²) >= 11 is 0. The van der Waals surface area contributed by atoms with E-state index >= 15 is 0 Å². The molecule has 1 N–H and O–H groups in total. The van der Waals surface area contributed by atoms with Crippen LogP contribution >= 0.6 is 0 Å². The summed E-state index contributed by atoms with van der Waals surface area (Å²) in [5.74, 6) is 0.574. The second-order valence-corrected chi connectivity index (χ2v) is 7.09. The Morgan fingerprint density at radius 3 is 2.76 bits per heavy atom. The van der Waals surface area contributed by atoms with Crippen LogP contribution in [0.4, 0.5) is 5.82 Å². The molecule has 0 bridgehead atoms. The normalized spacial score (nSPS) is 12.1. The lowest BCUT2D eigenvalue weighted by Gasteiger charge is -2.18. The smallest absolute Gasteiger partial charge is 0.243 e. The summed E-state index contributed by atoms with van der Waals surface area (Å²) in [5, 5.41) is 3.09. The molecular weight excluding hydrogens is 290 g/mol. The largest absolute Gasteiger partial charge is 0.377 e. The lowest BCUT2D eigenvalue weighted by molar-refractivity contribution is 0.0737. The minimum atomic E-state index is -3.51. The fraction of sp³-hybridized carbons (Fsp3) is 0.643. The van der Waals surface area contributed by atoms with Gasteiger partial charge in [-0.25, -0.2) is 13.4 Å². The lowest BCUT2D eigenvalue weighted by Crippen LogP contribution is -2.31. The van der Waals surface area contributed by atoms with E-state index in [9.17, 15) is 8.42 Å². The number of aromatic nitrogens is 1. The predicted octanol–water partition coefficient (Wildman–Crippen LogP) is 1.95. The van der Waals surface area contributed by atoms with E-state index < -0.39 is 10.0 Å². The molecule has 1 aromatic rings. The van der Waals surface area contributed by atoms with Crippen LogP contribution in [-0.4, -0.2) is 50.6 Å². The van der Waals surface area contributed by atoms with Crippen molar-refractivity contribution in [2.45, 2.75) is 38.2 Å². The Hall–Kier alpha value is -1.18. The molecule has 6 nitrogen and oxygen atoms in total. The fourth-order valence-corrected chi connectivity index (χ4v) is 2.81. The van der Waals surface area contributed by atoms with Gasteiger partial charge in [-0.15, -0.1) is 0 Å². The number of nitrogens with one attached hydrogen (secondary N) is 1. The molecule has 0 spiro atoms. The summed E-state index contributed by atoms with van der Waals surface area (Å²) in [6.07, 6.45) is 2.54. The topological polar surface area (TPSA) is 71.5 Å². The van der Waals surface area contributed by atoms with Crippen molar-refractivity contribution in [3.05, 3.63) is 18.3 Å². The zero-order valence-electron chi connectivity index (χ0n) is 13.2. The van der Waals surface area contributed by atoms with Gasteiger partial charge in [0.25, 0.3) is 0 Å². The molecule has 1 aromatic heterocycles. The van der Waals surface area contributed by atoms with Crippen LogP contribution in [0.1, 0.15) is 27.2 Å². The van der Waals surface area contributed by atoms with E-state index in [1.54, 1.807) is 13.1 Å². The first-order chi connectivity index (χ1) is 9.87. The zero-order chi connectivity index (χ0) is 15.9. The first-order valence-corrected chi connectivity index (χ1v) is 8.59. The third-order valence-electron chi connectivity index (χ3n) is 2.85. The second kappa shape index (κ2) is 8.31. The van der Waals surface area contributed by atoms with Gasteiger partial charge in [0, 0.05) is 32.4 Å². The van der Waals surface area contributed by atoms with Gasteiger partial charge in [0.2, 0.25) is 10.0 Å². The summed E-state index contributed by atoms with van der Waals surface area (Å²) < 4.78 is 31.6. The first-order valence-electron chi connectivity index (χ1n) is 7.15. The number of anilines is 1. The van der Waals surface area contributed by atoms with Gasteiger partial charge >= 0.3 is 0 Å². The van der Waals surface area contributed by atoms with Gasteiger partial charge in [0.15, 0.2) is 0 Å². The maximum atomic E-state index is 12.4. The van der Waals surface area contributed by atoms with E-state index in [1.165, 1.54) is 16.6 Å². The van der Waals surface area contributed by atoms with Crippen LogP contribution in [0.15, 0.2) is 23.2 Å². The molecule has 0 fully saturated rings. The van der Waals surface area contributed by atoms with Crippen LogP contribution in [0.5, 0.6) is 0 Å². The van der Waals surface area contributed by atoms with Gasteiger partial charge in [-0.1, -0.05) is 6.92 Å². The van der Waals surface area contributed by atoms with Crippen molar-refractivity contribution in [2.75, 3.05) is 32.1 Å². The van der Waals surface area contributed by atoms with Crippen LogP contribution in [0, 0.1) is 0 Å². The van der Waals surface area contributed by atoms with Gasteiger partial charge in [-0.2, -0.15) is 4.31 Å². The predicted molar refractivity (Wildman–Crippen MR) is 83.9 cm³/mol. The van der Waals surface area contributed by atoms with Crippen LogP contribution < -0.4 is 5.32 Å². The standard InChI is InChI=1S/C14H25N3O3S/c1-5-7-15-14-11-13(6-8-16-14)21(18,19)17(4)9-10-20-12(2)3/h6,8,11-12H,5,7,9-10H2,1-4H3,(H,15,16). The summed E-state index contributed by atoms with van der Waals surface area (Å²) in [6, 6.07) is 3.07. The van der Waals surface area contributed by atoms with Crippen LogP contribution in [-0.2, 0) is 14.8 Å². The molecule has 0 saturated heterocycles. The van der Waals surface area contributed by atoms with E-state index in [1.807, 2.05) is 20.8 Å². The molecule has 0 aliphatic carbocycles. The Kier molecular flexibility index (Phi) is 7.07. The third-order valence-corrected chi connectivity index (χ3v) is 4.71.